The van der Waals surface area contributed by atoms with Crippen LogP contribution in [0.15, 0.2) is 49.0 Å². The van der Waals surface area contributed by atoms with E-state index in [9.17, 15) is 15.3 Å². The number of hydrogen-bond donors (Lipinski definition) is 3. The molecule has 0 radical (unpaired) electrons. The van der Waals surface area contributed by atoms with E-state index >= 15 is 0 Å². The van der Waals surface area contributed by atoms with Crippen LogP contribution < -0.4 is 4.74 Å². The number of aromatic hydroxyl groups is 1. The van der Waals surface area contributed by atoms with Gasteiger partial charge in [0.25, 0.3) is 0 Å². The molecule has 3 atom stereocenters. The summed E-state index contributed by atoms with van der Waals surface area (Å²) in [7, 11) is 1.55. The molecule has 1 aromatic heterocycles. The molecule has 2 heterocycles. The van der Waals surface area contributed by atoms with Crippen LogP contribution in [0.5, 0.6) is 11.5 Å². The van der Waals surface area contributed by atoms with Crippen molar-refractivity contribution in [3.8, 4) is 11.5 Å². The Labute approximate surface area is 173 Å². The lowest BCUT2D eigenvalue weighted by molar-refractivity contribution is -0.114. The Morgan fingerprint density at radius 2 is 2.03 bits per heavy atom. The Morgan fingerprint density at radius 3 is 2.76 bits per heavy atom. The summed E-state index contributed by atoms with van der Waals surface area (Å²) < 4.78 is 12.6. The van der Waals surface area contributed by atoms with Gasteiger partial charge in [0.05, 0.1) is 32.0 Å². The lowest BCUT2D eigenvalue weighted by Gasteiger charge is -2.33. The molecule has 5 nitrogen and oxygen atoms in total. The van der Waals surface area contributed by atoms with Crippen molar-refractivity contribution in [3.05, 3.63) is 65.0 Å². The SMILES string of the molecule is C=C(c1cc2ccccc2s1)c1cc([C@H]2C[C@@H](O)C[C@@H](CO)O2)c(O)cc1OC. The number of phenolic OH excluding ortho intramolecular Hbond substituents is 1. The molecule has 0 aliphatic carbocycles. The molecule has 0 saturated carbocycles. The molecule has 1 aliphatic rings. The summed E-state index contributed by atoms with van der Waals surface area (Å²) in [5, 5.41) is 31.3. The van der Waals surface area contributed by atoms with Crippen molar-refractivity contribution in [1.29, 1.82) is 0 Å². The minimum absolute atomic E-state index is 0.0329. The smallest absolute Gasteiger partial charge is 0.130 e. The van der Waals surface area contributed by atoms with Gasteiger partial charge in [0.1, 0.15) is 11.5 Å². The minimum Gasteiger partial charge on any atom is -0.507 e. The van der Waals surface area contributed by atoms with E-state index in [1.165, 1.54) is 4.70 Å². The maximum absolute atomic E-state index is 10.6. The van der Waals surface area contributed by atoms with Crippen LogP contribution >= 0.6 is 11.3 Å². The highest BCUT2D eigenvalue weighted by Crippen LogP contribution is 2.43. The second-order valence-corrected chi connectivity index (χ2v) is 8.38. The fraction of sp³-hybridized carbons (Fsp3) is 0.304. The number of methoxy groups -OCH3 is 1. The fourth-order valence-corrected chi connectivity index (χ4v) is 4.87. The number of benzene rings is 2. The third kappa shape index (κ3) is 3.89. The second kappa shape index (κ2) is 8.16. The minimum atomic E-state index is -0.596. The van der Waals surface area contributed by atoms with E-state index in [4.69, 9.17) is 9.47 Å². The average molecular weight is 413 g/mol. The van der Waals surface area contributed by atoms with Crippen LogP contribution in [0, 0.1) is 0 Å². The first kappa shape index (κ1) is 19.9. The molecule has 0 bridgehead atoms. The molecule has 0 spiro atoms. The van der Waals surface area contributed by atoms with Gasteiger partial charge in [-0.3, -0.25) is 0 Å². The van der Waals surface area contributed by atoms with Crippen molar-refractivity contribution in [1.82, 2.24) is 0 Å². The Balaban J connectivity index is 1.74. The summed E-state index contributed by atoms with van der Waals surface area (Å²) in [4.78, 5) is 1.01. The lowest BCUT2D eigenvalue weighted by Crippen LogP contribution is -2.33. The number of aliphatic hydroxyl groups is 2. The molecule has 1 fully saturated rings. The van der Waals surface area contributed by atoms with E-state index in [2.05, 4.69) is 24.8 Å². The molecule has 29 heavy (non-hydrogen) atoms. The molecule has 1 saturated heterocycles. The maximum atomic E-state index is 10.6. The van der Waals surface area contributed by atoms with Crippen LogP contribution in [-0.2, 0) is 4.74 Å². The third-order valence-electron chi connectivity index (χ3n) is 5.33. The average Bonchev–Trinajstić information content (AvgIpc) is 3.16. The molecular weight excluding hydrogens is 388 g/mol. The molecule has 0 amide bonds. The van der Waals surface area contributed by atoms with Gasteiger partial charge in [-0.2, -0.15) is 0 Å². The highest BCUT2D eigenvalue weighted by Gasteiger charge is 2.31. The zero-order chi connectivity index (χ0) is 20.5. The second-order valence-electron chi connectivity index (χ2n) is 7.29. The van der Waals surface area contributed by atoms with Gasteiger partial charge in [-0.25, -0.2) is 0 Å². The Kier molecular flexibility index (Phi) is 5.61. The van der Waals surface area contributed by atoms with Crippen LogP contribution in [0.2, 0.25) is 0 Å². The van der Waals surface area contributed by atoms with Gasteiger partial charge in [0.15, 0.2) is 0 Å². The monoisotopic (exact) mass is 412 g/mol. The Bertz CT molecular complexity index is 1010. The number of hydrogen-bond acceptors (Lipinski definition) is 6. The van der Waals surface area contributed by atoms with E-state index in [1.54, 1.807) is 24.5 Å². The van der Waals surface area contributed by atoms with Crippen molar-refractivity contribution in [2.45, 2.75) is 31.2 Å². The summed E-state index contributed by atoms with van der Waals surface area (Å²) in [6.45, 7) is 4.10. The summed E-state index contributed by atoms with van der Waals surface area (Å²) in [5.74, 6) is 0.550. The normalized spacial score (nSPS) is 22.0. The van der Waals surface area contributed by atoms with Gasteiger partial charge in [-0.15, -0.1) is 11.3 Å². The molecular formula is C23H24O5S. The van der Waals surface area contributed by atoms with E-state index in [-0.39, 0.29) is 12.4 Å². The van der Waals surface area contributed by atoms with Gasteiger partial charge in [-0.1, -0.05) is 24.8 Å². The van der Waals surface area contributed by atoms with Gasteiger partial charge in [0, 0.05) is 39.6 Å². The highest BCUT2D eigenvalue weighted by atomic mass is 32.1. The quantitative estimate of drug-likeness (QED) is 0.584. The molecule has 3 N–H and O–H groups in total. The van der Waals surface area contributed by atoms with Crippen molar-refractivity contribution < 1.29 is 24.8 Å². The van der Waals surface area contributed by atoms with Crippen molar-refractivity contribution in [2.75, 3.05) is 13.7 Å². The largest absolute Gasteiger partial charge is 0.507 e. The number of aliphatic hydroxyl groups excluding tert-OH is 2. The number of fused-ring (bicyclic) bond motifs is 1. The number of thiophene rings is 1. The number of rotatable bonds is 5. The first-order valence-corrected chi connectivity index (χ1v) is 10.3. The zero-order valence-corrected chi connectivity index (χ0v) is 17.0. The van der Waals surface area contributed by atoms with Crippen molar-refractivity contribution >= 4 is 27.0 Å². The van der Waals surface area contributed by atoms with E-state index in [0.29, 0.717) is 24.2 Å². The standard InChI is InChI=1S/C23H24O5S/c1-13(23-7-14-5-3-4-6-22(14)29-23)17-10-18(19(26)11-20(17)27-2)21-9-15(25)8-16(12-24)28-21/h3-7,10-11,15-16,21,24-26H,1,8-9,12H2,2H3/t15-,16-,21+/m0/s1. The van der Waals surface area contributed by atoms with Crippen LogP contribution in [0.1, 0.15) is 34.9 Å². The summed E-state index contributed by atoms with van der Waals surface area (Å²) in [5.41, 5.74) is 2.11. The predicted molar refractivity (Wildman–Crippen MR) is 115 cm³/mol. The Hall–Kier alpha value is -2.38. The summed E-state index contributed by atoms with van der Waals surface area (Å²) >= 11 is 1.65. The van der Waals surface area contributed by atoms with E-state index < -0.39 is 18.3 Å². The Morgan fingerprint density at radius 1 is 1.24 bits per heavy atom. The highest BCUT2D eigenvalue weighted by molar-refractivity contribution is 7.20. The van der Waals surface area contributed by atoms with Gasteiger partial charge >= 0.3 is 0 Å². The van der Waals surface area contributed by atoms with Crippen molar-refractivity contribution in [3.63, 3.8) is 0 Å². The molecule has 0 unspecified atom stereocenters. The lowest BCUT2D eigenvalue weighted by atomic mass is 9.92. The number of ether oxygens (including phenoxy) is 2. The molecule has 3 aromatic rings. The number of phenols is 1. The zero-order valence-electron chi connectivity index (χ0n) is 16.2. The van der Waals surface area contributed by atoms with Crippen LogP contribution in [0.4, 0.5) is 0 Å². The van der Waals surface area contributed by atoms with Crippen molar-refractivity contribution in [2.24, 2.45) is 0 Å². The molecule has 2 aromatic carbocycles. The van der Waals surface area contributed by atoms with E-state index in [1.807, 2.05) is 18.2 Å². The molecule has 1 aliphatic heterocycles. The summed E-state index contributed by atoms with van der Waals surface area (Å²) in [6.07, 6.45) is -0.840. The van der Waals surface area contributed by atoms with Gasteiger partial charge < -0.3 is 24.8 Å². The fourth-order valence-electron chi connectivity index (χ4n) is 3.82. The van der Waals surface area contributed by atoms with E-state index in [0.717, 1.165) is 21.4 Å². The molecule has 152 valence electrons. The predicted octanol–water partition coefficient (Wildman–Crippen LogP) is 4.25. The third-order valence-corrected chi connectivity index (χ3v) is 6.50. The van der Waals surface area contributed by atoms with Gasteiger partial charge in [0.2, 0.25) is 0 Å². The first-order valence-electron chi connectivity index (χ1n) is 9.53. The van der Waals surface area contributed by atoms with Crippen LogP contribution in [-0.4, -0.2) is 41.2 Å². The molecule has 4 rings (SSSR count). The maximum Gasteiger partial charge on any atom is 0.130 e. The van der Waals surface area contributed by atoms with Crippen LogP contribution in [0.3, 0.4) is 0 Å². The topological polar surface area (TPSA) is 79.2 Å². The van der Waals surface area contributed by atoms with Gasteiger partial charge in [-0.05, 0) is 29.2 Å². The molecule has 6 heteroatoms. The van der Waals surface area contributed by atoms with Crippen LogP contribution in [0.25, 0.3) is 15.7 Å². The first-order chi connectivity index (χ1) is 14.0. The summed E-state index contributed by atoms with van der Waals surface area (Å²) in [6, 6.07) is 13.6.